The molecule has 1 N–H and O–H groups in total. The van der Waals surface area contributed by atoms with Crippen molar-refractivity contribution in [1.82, 2.24) is 0 Å². The van der Waals surface area contributed by atoms with Crippen molar-refractivity contribution in [3.05, 3.63) is 29.3 Å². The Hall–Kier alpha value is -0.730. The molecule has 0 spiro atoms. The van der Waals surface area contributed by atoms with Crippen LogP contribution in [0.5, 0.6) is 0 Å². The van der Waals surface area contributed by atoms with Gasteiger partial charge in [0.15, 0.2) is 0 Å². The normalized spacial score (nSPS) is 21.6. The number of amides is 1. The van der Waals surface area contributed by atoms with Gasteiger partial charge in [0, 0.05) is 5.69 Å². The Kier molecular flexibility index (Phi) is 2.89. The first-order valence-electron chi connectivity index (χ1n) is 5.15. The SMILES string of the molecule is Cc1cc(C)cc(NC(=O)[C@H]2CC2(Cl)Cl)c1. The Morgan fingerprint density at radius 3 is 2.25 bits per heavy atom. The molecule has 1 fully saturated rings. The van der Waals surface area contributed by atoms with Crippen molar-refractivity contribution in [1.29, 1.82) is 0 Å². The molecule has 1 amide bonds. The van der Waals surface area contributed by atoms with E-state index in [0.717, 1.165) is 16.8 Å². The molecular weight excluding hydrogens is 245 g/mol. The fraction of sp³-hybridized carbons (Fsp3) is 0.417. The van der Waals surface area contributed by atoms with E-state index in [2.05, 4.69) is 11.4 Å². The standard InChI is InChI=1S/C12H13Cl2NO/c1-7-3-8(2)5-9(4-7)15-11(16)10-6-12(10,13)14/h3-5,10H,6H2,1-2H3,(H,15,16)/t10-/m1/s1. The molecule has 4 heteroatoms. The minimum absolute atomic E-state index is 0.102. The van der Waals surface area contributed by atoms with Gasteiger partial charge in [-0.3, -0.25) is 4.79 Å². The second-order valence-corrected chi connectivity index (χ2v) is 5.93. The van der Waals surface area contributed by atoms with E-state index in [1.165, 1.54) is 0 Å². The number of rotatable bonds is 2. The van der Waals surface area contributed by atoms with Gasteiger partial charge in [-0.05, 0) is 43.5 Å². The summed E-state index contributed by atoms with van der Waals surface area (Å²) in [5.41, 5.74) is 3.04. The summed E-state index contributed by atoms with van der Waals surface area (Å²) >= 11 is 11.7. The minimum atomic E-state index is -0.858. The van der Waals surface area contributed by atoms with Gasteiger partial charge in [0.2, 0.25) is 5.91 Å². The van der Waals surface area contributed by atoms with Gasteiger partial charge in [-0.15, -0.1) is 23.2 Å². The molecule has 1 aliphatic carbocycles. The lowest BCUT2D eigenvalue weighted by Gasteiger charge is -2.07. The van der Waals surface area contributed by atoms with Crippen LogP contribution in [0.4, 0.5) is 5.69 Å². The van der Waals surface area contributed by atoms with E-state index >= 15 is 0 Å². The van der Waals surface area contributed by atoms with Crippen LogP contribution in [0.1, 0.15) is 17.5 Å². The molecule has 0 aromatic heterocycles. The predicted octanol–water partition coefficient (Wildman–Crippen LogP) is 3.44. The Morgan fingerprint density at radius 1 is 1.31 bits per heavy atom. The van der Waals surface area contributed by atoms with Crippen LogP contribution in [0.25, 0.3) is 0 Å². The molecule has 1 atom stereocenters. The van der Waals surface area contributed by atoms with Crippen LogP contribution in [-0.4, -0.2) is 10.2 Å². The third kappa shape index (κ3) is 2.50. The second-order valence-electron chi connectivity index (χ2n) is 4.38. The Labute approximate surface area is 105 Å². The molecule has 0 bridgehead atoms. The molecule has 1 aromatic rings. The summed E-state index contributed by atoms with van der Waals surface area (Å²) in [7, 11) is 0. The molecule has 0 heterocycles. The van der Waals surface area contributed by atoms with Crippen molar-refractivity contribution in [2.24, 2.45) is 5.92 Å². The number of benzene rings is 1. The molecule has 1 aromatic carbocycles. The van der Waals surface area contributed by atoms with E-state index < -0.39 is 4.33 Å². The molecule has 16 heavy (non-hydrogen) atoms. The number of halogens is 2. The van der Waals surface area contributed by atoms with E-state index in [1.807, 2.05) is 26.0 Å². The molecule has 0 radical (unpaired) electrons. The van der Waals surface area contributed by atoms with Gasteiger partial charge >= 0.3 is 0 Å². The summed E-state index contributed by atoms with van der Waals surface area (Å²) in [5.74, 6) is -0.383. The van der Waals surface area contributed by atoms with Crippen LogP contribution in [0.15, 0.2) is 18.2 Å². The van der Waals surface area contributed by atoms with E-state index in [-0.39, 0.29) is 11.8 Å². The quantitative estimate of drug-likeness (QED) is 0.809. The average molecular weight is 258 g/mol. The van der Waals surface area contributed by atoms with Gasteiger partial charge in [-0.1, -0.05) is 6.07 Å². The summed E-state index contributed by atoms with van der Waals surface area (Å²) in [4.78, 5) is 11.7. The Balaban J connectivity index is 2.07. The number of alkyl halides is 2. The van der Waals surface area contributed by atoms with Gasteiger partial charge in [0.05, 0.1) is 5.92 Å². The summed E-state index contributed by atoms with van der Waals surface area (Å²) in [6, 6.07) is 5.91. The molecule has 2 nitrogen and oxygen atoms in total. The second kappa shape index (κ2) is 3.94. The van der Waals surface area contributed by atoms with Crippen molar-refractivity contribution in [2.45, 2.75) is 24.6 Å². The first-order chi connectivity index (χ1) is 7.38. The monoisotopic (exact) mass is 257 g/mol. The van der Waals surface area contributed by atoms with Crippen LogP contribution < -0.4 is 5.32 Å². The number of anilines is 1. The van der Waals surface area contributed by atoms with Crippen molar-refractivity contribution in [3.63, 3.8) is 0 Å². The number of aryl methyl sites for hydroxylation is 2. The third-order valence-electron chi connectivity index (χ3n) is 2.63. The van der Waals surface area contributed by atoms with E-state index in [4.69, 9.17) is 23.2 Å². The van der Waals surface area contributed by atoms with Gasteiger partial charge in [-0.25, -0.2) is 0 Å². The number of carbonyl (C=O) groups is 1. The highest BCUT2D eigenvalue weighted by Crippen LogP contribution is 2.53. The zero-order chi connectivity index (χ0) is 11.9. The fourth-order valence-electron chi connectivity index (χ4n) is 1.77. The van der Waals surface area contributed by atoms with E-state index in [0.29, 0.717) is 6.42 Å². The molecule has 0 saturated heterocycles. The van der Waals surface area contributed by atoms with Gasteiger partial charge in [0.1, 0.15) is 4.33 Å². The van der Waals surface area contributed by atoms with Crippen LogP contribution >= 0.6 is 23.2 Å². The van der Waals surface area contributed by atoms with Gasteiger partial charge in [0.25, 0.3) is 0 Å². The summed E-state index contributed by atoms with van der Waals surface area (Å²) in [5, 5.41) is 2.83. The zero-order valence-corrected chi connectivity index (χ0v) is 10.7. The third-order valence-corrected chi connectivity index (χ3v) is 3.47. The molecule has 1 aliphatic rings. The van der Waals surface area contributed by atoms with Gasteiger partial charge in [-0.2, -0.15) is 0 Å². The smallest absolute Gasteiger partial charge is 0.230 e. The Morgan fingerprint density at radius 2 is 1.81 bits per heavy atom. The summed E-state index contributed by atoms with van der Waals surface area (Å²) in [6.45, 7) is 3.99. The van der Waals surface area contributed by atoms with Crippen molar-refractivity contribution < 1.29 is 4.79 Å². The summed E-state index contributed by atoms with van der Waals surface area (Å²) in [6.07, 6.45) is 0.534. The van der Waals surface area contributed by atoms with Crippen LogP contribution in [0.3, 0.4) is 0 Å². The van der Waals surface area contributed by atoms with Crippen molar-refractivity contribution in [3.8, 4) is 0 Å². The van der Waals surface area contributed by atoms with Crippen molar-refractivity contribution >= 4 is 34.8 Å². The first kappa shape index (κ1) is 11.7. The van der Waals surface area contributed by atoms with E-state index in [1.54, 1.807) is 0 Å². The lowest BCUT2D eigenvalue weighted by atomic mass is 10.1. The topological polar surface area (TPSA) is 29.1 Å². The molecular formula is C12H13Cl2NO. The lowest BCUT2D eigenvalue weighted by molar-refractivity contribution is -0.117. The Bertz CT molecular complexity index is 422. The highest BCUT2D eigenvalue weighted by Gasteiger charge is 2.56. The van der Waals surface area contributed by atoms with Crippen molar-refractivity contribution in [2.75, 3.05) is 5.32 Å². The fourth-order valence-corrected chi connectivity index (χ4v) is 2.28. The highest BCUT2D eigenvalue weighted by atomic mass is 35.5. The maximum Gasteiger partial charge on any atom is 0.230 e. The molecule has 0 unspecified atom stereocenters. The predicted molar refractivity (Wildman–Crippen MR) is 67.1 cm³/mol. The number of nitrogens with one attached hydrogen (secondary N) is 1. The molecule has 1 saturated carbocycles. The maximum absolute atomic E-state index is 11.7. The summed E-state index contributed by atoms with van der Waals surface area (Å²) < 4.78 is -0.858. The zero-order valence-electron chi connectivity index (χ0n) is 9.18. The largest absolute Gasteiger partial charge is 0.326 e. The maximum atomic E-state index is 11.7. The highest BCUT2D eigenvalue weighted by molar-refractivity contribution is 6.52. The molecule has 2 rings (SSSR count). The van der Waals surface area contributed by atoms with Gasteiger partial charge < -0.3 is 5.32 Å². The van der Waals surface area contributed by atoms with Crippen LogP contribution in [0, 0.1) is 19.8 Å². The average Bonchev–Trinajstić information content (AvgIpc) is 2.73. The van der Waals surface area contributed by atoms with Crippen LogP contribution in [-0.2, 0) is 4.79 Å². The lowest BCUT2D eigenvalue weighted by Crippen LogP contribution is -2.16. The number of hydrogen-bond donors (Lipinski definition) is 1. The minimum Gasteiger partial charge on any atom is -0.326 e. The molecule has 0 aliphatic heterocycles. The molecule has 86 valence electrons. The van der Waals surface area contributed by atoms with Crippen LogP contribution in [0.2, 0.25) is 0 Å². The number of carbonyl (C=O) groups excluding carboxylic acids is 1. The van der Waals surface area contributed by atoms with E-state index in [9.17, 15) is 4.79 Å². The number of hydrogen-bond acceptors (Lipinski definition) is 1. The first-order valence-corrected chi connectivity index (χ1v) is 5.91.